The van der Waals surface area contributed by atoms with Gasteiger partial charge in [-0.15, -0.1) is 0 Å². The Kier molecular flexibility index (Phi) is 16.9. The van der Waals surface area contributed by atoms with Crippen molar-refractivity contribution in [2.75, 3.05) is 26.3 Å². The molecular formula is C18H36NO2Rb. The zero-order valence-electron chi connectivity index (χ0n) is 16.2. The van der Waals surface area contributed by atoms with Crippen LogP contribution in [0.15, 0.2) is 0 Å². The van der Waals surface area contributed by atoms with Gasteiger partial charge in [-0.05, 0) is 31.6 Å². The molecule has 126 valence electrons. The molecule has 0 aliphatic rings. The number of rotatable bonds is 11. The van der Waals surface area contributed by atoms with Crippen LogP contribution in [0.3, 0.4) is 0 Å². The molecule has 3 nitrogen and oxygen atoms in total. The zero-order valence-corrected chi connectivity index (χ0v) is 21.2. The molecule has 0 aromatic rings. The summed E-state index contributed by atoms with van der Waals surface area (Å²) in [4.78, 5) is 14.6. The quantitative estimate of drug-likeness (QED) is 0.501. The van der Waals surface area contributed by atoms with Crippen LogP contribution in [0, 0.1) is 23.7 Å². The van der Waals surface area contributed by atoms with Crippen molar-refractivity contribution in [1.29, 1.82) is 0 Å². The molecule has 22 heavy (non-hydrogen) atoms. The third kappa shape index (κ3) is 11.7. The van der Waals surface area contributed by atoms with Crippen LogP contribution in [0.4, 0.5) is 0 Å². The third-order valence-corrected chi connectivity index (χ3v) is 3.92. The van der Waals surface area contributed by atoms with E-state index in [1.807, 2.05) is 11.8 Å². The Balaban J connectivity index is 0. The first-order valence-electron chi connectivity index (χ1n) is 8.45. The summed E-state index contributed by atoms with van der Waals surface area (Å²) in [6.07, 6.45) is 2.28. The van der Waals surface area contributed by atoms with E-state index in [0.29, 0.717) is 19.1 Å². The van der Waals surface area contributed by atoms with Gasteiger partial charge < -0.3 is 9.64 Å². The summed E-state index contributed by atoms with van der Waals surface area (Å²) in [5.74, 6) is 2.54. The molecule has 4 heteroatoms. The Morgan fingerprint density at radius 3 is 2.23 bits per heavy atom. The van der Waals surface area contributed by atoms with Crippen molar-refractivity contribution in [3.05, 3.63) is 5.92 Å². The van der Waals surface area contributed by atoms with Gasteiger partial charge in [0.1, 0.15) is 0 Å². The summed E-state index contributed by atoms with van der Waals surface area (Å²) >= 11 is 0. The predicted octanol–water partition coefficient (Wildman–Crippen LogP) is 1.18. The van der Waals surface area contributed by atoms with Gasteiger partial charge in [0.15, 0.2) is 0 Å². The molecule has 2 atom stereocenters. The molecule has 0 aliphatic carbocycles. The molecule has 0 fully saturated rings. The fourth-order valence-electron chi connectivity index (χ4n) is 2.24. The molecule has 1 amide bonds. The molecule has 0 saturated heterocycles. The van der Waals surface area contributed by atoms with Gasteiger partial charge in [-0.1, -0.05) is 34.3 Å². The summed E-state index contributed by atoms with van der Waals surface area (Å²) < 4.78 is 5.65. The fourth-order valence-corrected chi connectivity index (χ4v) is 2.24. The van der Waals surface area contributed by atoms with Gasteiger partial charge in [0.05, 0.1) is 0 Å². The number of nitrogens with zero attached hydrogens (tertiary/aromatic N) is 1. The van der Waals surface area contributed by atoms with E-state index in [2.05, 4.69) is 41.5 Å². The summed E-state index contributed by atoms with van der Waals surface area (Å²) in [7, 11) is 0. The fraction of sp³-hybridized carbons (Fsp3) is 0.889. The second kappa shape index (κ2) is 14.6. The molecule has 0 N–H and O–H groups in total. The number of hydrogen-bond donors (Lipinski definition) is 0. The van der Waals surface area contributed by atoms with E-state index in [-0.39, 0.29) is 75.9 Å². The molecule has 0 radical (unpaired) electrons. The molecule has 0 heterocycles. The molecular weight excluding hydrogens is 348 g/mol. The average molecular weight is 384 g/mol. The van der Waals surface area contributed by atoms with Gasteiger partial charge in [0.2, 0.25) is 5.91 Å². The van der Waals surface area contributed by atoms with Gasteiger partial charge in [0, 0.05) is 25.6 Å². The van der Waals surface area contributed by atoms with Crippen molar-refractivity contribution in [3.8, 4) is 0 Å². The van der Waals surface area contributed by atoms with E-state index in [1.165, 1.54) is 12.3 Å². The number of ether oxygens (including phenoxy) is 1. The topological polar surface area (TPSA) is 29.5 Å². The Morgan fingerprint density at radius 2 is 1.77 bits per heavy atom. The summed E-state index contributed by atoms with van der Waals surface area (Å²) in [5, 5.41) is 0. The van der Waals surface area contributed by atoms with Crippen molar-refractivity contribution >= 4 is 5.91 Å². The molecule has 0 saturated carbocycles. The minimum Gasteiger partial charge on any atom is -0.413 e. The van der Waals surface area contributed by atoms with Crippen molar-refractivity contribution in [2.24, 2.45) is 17.8 Å². The molecule has 0 aromatic heterocycles. The van der Waals surface area contributed by atoms with Crippen LogP contribution in [-0.2, 0) is 9.53 Å². The van der Waals surface area contributed by atoms with Crippen LogP contribution < -0.4 is 58.2 Å². The first-order valence-corrected chi connectivity index (χ1v) is 8.45. The monoisotopic (exact) mass is 383 g/mol. The SMILES string of the molecule is CCN(CCCC(C)C)C(=O)C(C)C(C)COC[C-](C)C.[Rb+]. The maximum absolute atomic E-state index is 12.6. The summed E-state index contributed by atoms with van der Waals surface area (Å²) in [6, 6.07) is 0. The van der Waals surface area contributed by atoms with Crippen LogP contribution >= 0.6 is 0 Å². The maximum Gasteiger partial charge on any atom is 1.00 e. The van der Waals surface area contributed by atoms with E-state index in [9.17, 15) is 4.79 Å². The minimum absolute atomic E-state index is 0. The van der Waals surface area contributed by atoms with Crippen molar-refractivity contribution in [3.63, 3.8) is 0 Å². The molecule has 0 bridgehead atoms. The van der Waals surface area contributed by atoms with E-state index >= 15 is 0 Å². The van der Waals surface area contributed by atoms with Crippen LogP contribution in [0.2, 0.25) is 0 Å². The number of carbonyl (C=O) groups is 1. The van der Waals surface area contributed by atoms with E-state index < -0.39 is 0 Å². The van der Waals surface area contributed by atoms with E-state index in [0.717, 1.165) is 19.5 Å². The molecule has 2 unspecified atom stereocenters. The Bertz CT molecular complexity index is 282. The Morgan fingerprint density at radius 1 is 1.18 bits per heavy atom. The normalized spacial score (nSPS) is 13.9. The van der Waals surface area contributed by atoms with Crippen LogP contribution in [0.1, 0.15) is 61.3 Å². The van der Waals surface area contributed by atoms with Crippen molar-refractivity contribution in [1.82, 2.24) is 4.90 Å². The van der Waals surface area contributed by atoms with Gasteiger partial charge in [0.25, 0.3) is 0 Å². The molecule has 0 aromatic carbocycles. The second-order valence-corrected chi connectivity index (χ2v) is 6.94. The van der Waals surface area contributed by atoms with E-state index in [1.54, 1.807) is 0 Å². The van der Waals surface area contributed by atoms with Crippen molar-refractivity contribution < 1.29 is 67.7 Å². The second-order valence-electron chi connectivity index (χ2n) is 6.94. The zero-order chi connectivity index (χ0) is 16.4. The molecule has 0 spiro atoms. The van der Waals surface area contributed by atoms with Crippen LogP contribution in [0.25, 0.3) is 0 Å². The van der Waals surface area contributed by atoms with Gasteiger partial charge >= 0.3 is 58.2 Å². The molecule has 0 aliphatic heterocycles. The van der Waals surface area contributed by atoms with Crippen LogP contribution in [-0.4, -0.2) is 37.1 Å². The molecule has 0 rings (SSSR count). The van der Waals surface area contributed by atoms with Gasteiger partial charge in [-0.2, -0.15) is 13.8 Å². The Hall–Kier alpha value is 1.24. The minimum atomic E-state index is 0. The number of amides is 1. The number of hydrogen-bond acceptors (Lipinski definition) is 2. The van der Waals surface area contributed by atoms with Crippen LogP contribution in [0.5, 0.6) is 0 Å². The summed E-state index contributed by atoms with van der Waals surface area (Å²) in [5.41, 5.74) is 0. The van der Waals surface area contributed by atoms with Gasteiger partial charge in [-0.3, -0.25) is 10.7 Å². The first-order chi connectivity index (χ1) is 9.79. The van der Waals surface area contributed by atoms with Gasteiger partial charge in [-0.25, -0.2) is 0 Å². The average Bonchev–Trinajstić information content (AvgIpc) is 2.41. The summed E-state index contributed by atoms with van der Waals surface area (Å²) in [6.45, 7) is 17.8. The standard InChI is InChI=1S/C18H36NO2.Rb/c1-8-19(11-9-10-14(2)3)18(20)17(7)16(6)13-21-12-15(4)5;/h14,16-17H,8-13H2,1-7H3;/q-1;+1. The first kappa shape index (κ1) is 25.5. The smallest absolute Gasteiger partial charge is 0.413 e. The van der Waals surface area contributed by atoms with Crippen molar-refractivity contribution in [2.45, 2.75) is 61.3 Å². The number of carbonyl (C=O) groups excluding carboxylic acids is 1. The predicted molar refractivity (Wildman–Crippen MR) is 90.1 cm³/mol. The largest absolute Gasteiger partial charge is 1.00 e. The Labute approximate surface area is 187 Å². The third-order valence-electron chi connectivity index (χ3n) is 3.92. The maximum atomic E-state index is 12.6. The van der Waals surface area contributed by atoms with E-state index in [4.69, 9.17) is 4.74 Å².